The number of benzene rings is 1. The van der Waals surface area contributed by atoms with E-state index in [1.54, 1.807) is 0 Å². The highest BCUT2D eigenvalue weighted by Crippen LogP contribution is 2.25. The number of nitrogens with zero attached hydrogens (tertiary/aromatic N) is 1. The van der Waals surface area contributed by atoms with Crippen molar-refractivity contribution in [2.45, 2.75) is 44.7 Å². The molecule has 1 aromatic rings. The minimum absolute atomic E-state index is 0.203. The molecule has 0 unspecified atom stereocenters. The van der Waals surface area contributed by atoms with E-state index in [0.29, 0.717) is 12.6 Å². The van der Waals surface area contributed by atoms with Gasteiger partial charge in [-0.3, -0.25) is 4.90 Å². The highest BCUT2D eigenvalue weighted by atomic mass is 79.9. The smallest absolute Gasteiger partial charge is 0.130 e. The molecular formula is C15H20BrF2N. The molecule has 1 fully saturated rings. The predicted octanol–water partition coefficient (Wildman–Crippen LogP) is 4.49. The minimum atomic E-state index is -0.435. The Kier molecular flexibility index (Phi) is 5.76. The zero-order chi connectivity index (χ0) is 13.7. The highest BCUT2D eigenvalue weighted by molar-refractivity contribution is 9.09. The van der Waals surface area contributed by atoms with Crippen LogP contribution in [-0.2, 0) is 6.54 Å². The first-order chi connectivity index (χ1) is 9.22. The van der Waals surface area contributed by atoms with E-state index >= 15 is 0 Å². The summed E-state index contributed by atoms with van der Waals surface area (Å²) in [6.45, 7) is 1.20. The second kappa shape index (κ2) is 7.34. The maximum absolute atomic E-state index is 13.7. The molecule has 0 N–H and O–H groups in total. The molecule has 0 bridgehead atoms. The maximum Gasteiger partial charge on any atom is 0.130 e. The fourth-order valence-electron chi connectivity index (χ4n) is 2.83. The molecule has 0 aromatic heterocycles. The van der Waals surface area contributed by atoms with Crippen molar-refractivity contribution < 1.29 is 8.78 Å². The first kappa shape index (κ1) is 14.9. The second-order valence-electron chi connectivity index (χ2n) is 5.15. The lowest BCUT2D eigenvalue weighted by Crippen LogP contribution is -2.38. The Morgan fingerprint density at radius 2 is 1.74 bits per heavy atom. The van der Waals surface area contributed by atoms with Gasteiger partial charge in [-0.05, 0) is 25.0 Å². The number of hydrogen-bond acceptors (Lipinski definition) is 1. The Balaban J connectivity index is 2.11. The molecule has 4 heteroatoms. The van der Waals surface area contributed by atoms with Gasteiger partial charge >= 0.3 is 0 Å². The van der Waals surface area contributed by atoms with Gasteiger partial charge in [-0.2, -0.15) is 0 Å². The van der Waals surface area contributed by atoms with Crippen molar-refractivity contribution in [3.8, 4) is 0 Å². The topological polar surface area (TPSA) is 3.24 Å². The molecule has 106 valence electrons. The molecule has 0 radical (unpaired) electrons. The van der Waals surface area contributed by atoms with Crippen LogP contribution < -0.4 is 0 Å². The lowest BCUT2D eigenvalue weighted by atomic mass is 9.94. The van der Waals surface area contributed by atoms with Crippen LogP contribution in [0.5, 0.6) is 0 Å². The average molecular weight is 332 g/mol. The summed E-state index contributed by atoms with van der Waals surface area (Å²) in [4.78, 5) is 2.22. The summed E-state index contributed by atoms with van der Waals surface area (Å²) in [5.41, 5.74) is 0.203. The molecule has 0 amide bonds. The number of hydrogen-bond donors (Lipinski definition) is 0. The van der Waals surface area contributed by atoms with Crippen molar-refractivity contribution in [2.75, 3.05) is 11.9 Å². The SMILES string of the molecule is Fc1cccc(F)c1CN(CCBr)C1CCCCC1. The van der Waals surface area contributed by atoms with Crippen molar-refractivity contribution in [1.82, 2.24) is 4.90 Å². The fraction of sp³-hybridized carbons (Fsp3) is 0.600. The molecule has 0 aliphatic heterocycles. The molecule has 1 saturated carbocycles. The predicted molar refractivity (Wildman–Crippen MR) is 77.4 cm³/mol. The normalized spacial score (nSPS) is 17.1. The van der Waals surface area contributed by atoms with Crippen LogP contribution in [0, 0.1) is 11.6 Å². The van der Waals surface area contributed by atoms with Gasteiger partial charge in [-0.25, -0.2) is 8.78 Å². The van der Waals surface area contributed by atoms with Crippen LogP contribution in [0.15, 0.2) is 18.2 Å². The minimum Gasteiger partial charge on any atom is -0.295 e. The Bertz CT molecular complexity index is 385. The Morgan fingerprint density at radius 3 is 2.32 bits per heavy atom. The van der Waals surface area contributed by atoms with Gasteiger partial charge in [-0.15, -0.1) is 0 Å². The van der Waals surface area contributed by atoms with Crippen molar-refractivity contribution >= 4 is 15.9 Å². The highest BCUT2D eigenvalue weighted by Gasteiger charge is 2.22. The van der Waals surface area contributed by atoms with E-state index in [-0.39, 0.29) is 5.56 Å². The van der Waals surface area contributed by atoms with Gasteiger partial charge in [0.15, 0.2) is 0 Å². The average Bonchev–Trinajstić information content (AvgIpc) is 2.43. The largest absolute Gasteiger partial charge is 0.295 e. The molecular weight excluding hydrogens is 312 g/mol. The number of halogens is 3. The van der Waals surface area contributed by atoms with E-state index in [4.69, 9.17) is 0 Å². The van der Waals surface area contributed by atoms with Gasteiger partial charge in [0.25, 0.3) is 0 Å². The first-order valence-electron chi connectivity index (χ1n) is 6.95. The van der Waals surface area contributed by atoms with Crippen LogP contribution >= 0.6 is 15.9 Å². The summed E-state index contributed by atoms with van der Waals surface area (Å²) in [7, 11) is 0. The van der Waals surface area contributed by atoms with Crippen molar-refractivity contribution in [3.05, 3.63) is 35.4 Å². The van der Waals surface area contributed by atoms with Gasteiger partial charge < -0.3 is 0 Å². The molecule has 0 heterocycles. The maximum atomic E-state index is 13.7. The molecule has 0 atom stereocenters. The summed E-state index contributed by atoms with van der Waals surface area (Å²) >= 11 is 3.44. The summed E-state index contributed by atoms with van der Waals surface area (Å²) in [5, 5.41) is 0.833. The molecule has 19 heavy (non-hydrogen) atoms. The lowest BCUT2D eigenvalue weighted by Gasteiger charge is -2.34. The molecule has 1 aliphatic rings. The fourth-order valence-corrected chi connectivity index (χ4v) is 3.29. The van der Waals surface area contributed by atoms with Gasteiger partial charge in [0.2, 0.25) is 0 Å². The van der Waals surface area contributed by atoms with Crippen LogP contribution in [0.1, 0.15) is 37.7 Å². The van der Waals surface area contributed by atoms with E-state index in [9.17, 15) is 8.78 Å². The quantitative estimate of drug-likeness (QED) is 0.718. The van der Waals surface area contributed by atoms with E-state index in [1.807, 2.05) is 0 Å². The van der Waals surface area contributed by atoms with Crippen LogP contribution in [-0.4, -0.2) is 22.8 Å². The second-order valence-corrected chi connectivity index (χ2v) is 5.94. The molecule has 2 rings (SSSR count). The van der Waals surface area contributed by atoms with E-state index < -0.39 is 11.6 Å². The monoisotopic (exact) mass is 331 g/mol. The summed E-state index contributed by atoms with van der Waals surface area (Å²) < 4.78 is 27.5. The van der Waals surface area contributed by atoms with Gasteiger partial charge in [0, 0.05) is 30.0 Å². The Hall–Kier alpha value is -0.480. The van der Waals surface area contributed by atoms with Crippen LogP contribution in [0.3, 0.4) is 0 Å². The molecule has 1 nitrogen and oxygen atoms in total. The van der Waals surface area contributed by atoms with Gasteiger partial charge in [0.05, 0.1) is 0 Å². The third-order valence-electron chi connectivity index (χ3n) is 3.89. The van der Waals surface area contributed by atoms with Gasteiger partial charge in [0.1, 0.15) is 11.6 Å². The van der Waals surface area contributed by atoms with E-state index in [0.717, 1.165) is 24.7 Å². The van der Waals surface area contributed by atoms with Crippen LogP contribution in [0.2, 0.25) is 0 Å². The zero-order valence-electron chi connectivity index (χ0n) is 11.0. The number of alkyl halides is 1. The first-order valence-corrected chi connectivity index (χ1v) is 8.07. The van der Waals surface area contributed by atoms with Crippen molar-refractivity contribution in [1.29, 1.82) is 0 Å². The van der Waals surface area contributed by atoms with Crippen molar-refractivity contribution in [3.63, 3.8) is 0 Å². The Labute approximate surface area is 122 Å². The number of rotatable bonds is 5. The van der Waals surface area contributed by atoms with E-state index in [2.05, 4.69) is 20.8 Å². The standard InChI is InChI=1S/C15H20BrF2N/c16-9-10-19(12-5-2-1-3-6-12)11-13-14(17)7-4-8-15(13)18/h4,7-8,12H,1-3,5-6,9-11H2. The van der Waals surface area contributed by atoms with Crippen molar-refractivity contribution in [2.24, 2.45) is 0 Å². The summed E-state index contributed by atoms with van der Waals surface area (Å²) in [6.07, 6.45) is 6.02. The van der Waals surface area contributed by atoms with Crippen LogP contribution in [0.4, 0.5) is 8.78 Å². The van der Waals surface area contributed by atoms with Crippen LogP contribution in [0.25, 0.3) is 0 Å². The zero-order valence-corrected chi connectivity index (χ0v) is 12.6. The molecule has 0 saturated heterocycles. The lowest BCUT2D eigenvalue weighted by molar-refractivity contribution is 0.154. The van der Waals surface area contributed by atoms with Gasteiger partial charge in [-0.1, -0.05) is 41.3 Å². The third kappa shape index (κ3) is 3.99. The Morgan fingerprint density at radius 1 is 1.11 bits per heavy atom. The summed E-state index contributed by atoms with van der Waals surface area (Å²) in [6, 6.07) is 4.56. The molecule has 1 aliphatic carbocycles. The molecule has 0 spiro atoms. The third-order valence-corrected chi connectivity index (χ3v) is 4.24. The molecule has 1 aromatic carbocycles. The van der Waals surface area contributed by atoms with E-state index in [1.165, 1.54) is 37.5 Å². The summed E-state index contributed by atoms with van der Waals surface area (Å²) in [5.74, 6) is -0.870.